The molecule has 0 saturated heterocycles. The molecule has 1 unspecified atom stereocenters. The molecular formula is C6H13ClN2O4S. The van der Waals surface area contributed by atoms with Gasteiger partial charge in [0.15, 0.2) is 6.67 Å². The smallest absolute Gasteiger partial charge is 0.397 e. The Morgan fingerprint density at radius 3 is 2.71 bits per heavy atom. The third kappa shape index (κ3) is 5.40. The van der Waals surface area contributed by atoms with Crippen molar-refractivity contribution in [1.82, 2.24) is 4.90 Å². The summed E-state index contributed by atoms with van der Waals surface area (Å²) in [6.07, 6.45) is 3.82. The highest BCUT2D eigenvalue weighted by molar-refractivity contribution is 7.80. The highest BCUT2D eigenvalue weighted by Gasteiger charge is 2.14. The highest BCUT2D eigenvalue weighted by Crippen LogP contribution is 1.85. The molecule has 84 valence electrons. The molecular weight excluding hydrogens is 232 g/mol. The van der Waals surface area contributed by atoms with Crippen molar-refractivity contribution in [1.29, 1.82) is 0 Å². The quantitative estimate of drug-likeness (QED) is 0.485. The summed E-state index contributed by atoms with van der Waals surface area (Å²) in [6, 6.07) is 0. The minimum absolute atomic E-state index is 0. The molecule has 8 heteroatoms. The van der Waals surface area contributed by atoms with E-state index in [0.717, 1.165) is 11.6 Å². The van der Waals surface area contributed by atoms with Crippen LogP contribution >= 0.6 is 0 Å². The average Bonchev–Trinajstić information content (AvgIpc) is 2.33. The van der Waals surface area contributed by atoms with Crippen molar-refractivity contribution in [3.8, 4) is 0 Å². The maximum atomic E-state index is 10.2. The van der Waals surface area contributed by atoms with Crippen molar-refractivity contribution in [2.75, 3.05) is 26.9 Å². The van der Waals surface area contributed by atoms with E-state index in [4.69, 9.17) is 4.55 Å². The first-order valence-corrected chi connectivity index (χ1v) is 5.19. The summed E-state index contributed by atoms with van der Waals surface area (Å²) in [6.45, 7) is 1.29. The lowest BCUT2D eigenvalue weighted by atomic mass is 10.6. The van der Waals surface area contributed by atoms with Gasteiger partial charge in [0.25, 0.3) is 0 Å². The Bertz CT molecular complexity index is 292. The monoisotopic (exact) mass is 244 g/mol. The largest absolute Gasteiger partial charge is 1.00 e. The summed E-state index contributed by atoms with van der Waals surface area (Å²) in [5, 5.41) is 0. The number of quaternary nitrogens is 1. The average molecular weight is 245 g/mol. The van der Waals surface area contributed by atoms with Crippen LogP contribution in [0.1, 0.15) is 0 Å². The summed E-state index contributed by atoms with van der Waals surface area (Å²) >= 11 is 0. The molecule has 14 heavy (non-hydrogen) atoms. The number of halogens is 1. The summed E-state index contributed by atoms with van der Waals surface area (Å²) in [7, 11) is -2.36. The van der Waals surface area contributed by atoms with Crippen LogP contribution in [0.2, 0.25) is 0 Å². The zero-order valence-electron chi connectivity index (χ0n) is 7.68. The van der Waals surface area contributed by atoms with E-state index in [1.165, 1.54) is 0 Å². The number of hydrogen-bond acceptors (Lipinski definition) is 4. The molecule has 1 heterocycles. The summed E-state index contributed by atoms with van der Waals surface area (Å²) in [4.78, 5) is 3.06. The summed E-state index contributed by atoms with van der Waals surface area (Å²) in [5.74, 6) is 0. The van der Waals surface area contributed by atoms with Crippen LogP contribution in [0.3, 0.4) is 0 Å². The van der Waals surface area contributed by atoms with Crippen molar-refractivity contribution in [3.05, 3.63) is 12.4 Å². The van der Waals surface area contributed by atoms with Crippen molar-refractivity contribution in [2.45, 2.75) is 0 Å². The second-order valence-corrected chi connectivity index (χ2v) is 3.98. The molecule has 1 aliphatic rings. The standard InChI is InChI=1S/C6H12N2O4S.ClH/c1-7-2-3-8(6-7)4-5-12-13(9,10)11;/h2-3H,4-6H2,1H3,(H,9,10,11);1H. The SMILES string of the molecule is CN1C=C[NH+](CCOS(=O)(=O)O)C1.[Cl-]. The Morgan fingerprint density at radius 1 is 1.64 bits per heavy atom. The topological polar surface area (TPSA) is 71.3 Å². The number of rotatable bonds is 4. The van der Waals surface area contributed by atoms with Crippen LogP contribution in [0.5, 0.6) is 0 Å². The summed E-state index contributed by atoms with van der Waals surface area (Å²) < 4.78 is 32.8. The molecule has 0 bridgehead atoms. The number of hydrogen-bond donors (Lipinski definition) is 2. The Hall–Kier alpha value is -0.340. The zero-order valence-corrected chi connectivity index (χ0v) is 9.25. The fourth-order valence-electron chi connectivity index (χ4n) is 1.10. The third-order valence-corrected chi connectivity index (χ3v) is 2.14. The van der Waals surface area contributed by atoms with Crippen LogP contribution in [0.4, 0.5) is 0 Å². The van der Waals surface area contributed by atoms with Gasteiger partial charge in [-0.3, -0.25) is 9.45 Å². The molecule has 0 saturated carbocycles. The lowest BCUT2D eigenvalue weighted by Crippen LogP contribution is -3.07. The van der Waals surface area contributed by atoms with Gasteiger partial charge in [0.05, 0.1) is 6.20 Å². The van der Waals surface area contributed by atoms with Gasteiger partial charge in [-0.25, -0.2) is 4.18 Å². The van der Waals surface area contributed by atoms with Crippen LogP contribution in [0.15, 0.2) is 12.4 Å². The van der Waals surface area contributed by atoms with Crippen molar-refractivity contribution >= 4 is 10.4 Å². The third-order valence-electron chi connectivity index (χ3n) is 1.67. The second kappa shape index (κ2) is 5.52. The molecule has 0 aromatic heterocycles. The predicted molar refractivity (Wildman–Crippen MR) is 45.1 cm³/mol. The predicted octanol–water partition coefficient (Wildman–Crippen LogP) is -4.93. The molecule has 2 N–H and O–H groups in total. The first kappa shape index (κ1) is 13.7. The van der Waals surface area contributed by atoms with Gasteiger partial charge >= 0.3 is 10.4 Å². The lowest BCUT2D eigenvalue weighted by molar-refractivity contribution is -0.848. The fourth-order valence-corrected chi connectivity index (χ4v) is 1.39. The normalized spacial score (nSPS) is 21.0. The van der Waals surface area contributed by atoms with Crippen LogP contribution in [-0.2, 0) is 14.6 Å². The van der Waals surface area contributed by atoms with E-state index in [0.29, 0.717) is 6.54 Å². The van der Waals surface area contributed by atoms with Crippen LogP contribution in [-0.4, -0.2) is 44.7 Å². The maximum absolute atomic E-state index is 10.2. The highest BCUT2D eigenvalue weighted by atomic mass is 35.5. The van der Waals surface area contributed by atoms with E-state index in [9.17, 15) is 8.42 Å². The molecule has 0 aromatic rings. The molecule has 1 rings (SSSR count). The van der Waals surface area contributed by atoms with Gasteiger partial charge in [0.2, 0.25) is 0 Å². The molecule has 0 aliphatic carbocycles. The van der Waals surface area contributed by atoms with Gasteiger partial charge in [-0.15, -0.1) is 0 Å². The minimum atomic E-state index is -4.28. The van der Waals surface area contributed by atoms with Crippen molar-refractivity contribution < 1.29 is 34.5 Å². The van der Waals surface area contributed by atoms with Gasteiger partial charge in [-0.2, -0.15) is 8.42 Å². The molecule has 1 aliphatic heterocycles. The molecule has 0 aromatic carbocycles. The van der Waals surface area contributed by atoms with E-state index < -0.39 is 10.4 Å². The van der Waals surface area contributed by atoms with Crippen LogP contribution in [0, 0.1) is 0 Å². The van der Waals surface area contributed by atoms with Gasteiger partial charge in [0.1, 0.15) is 19.4 Å². The maximum Gasteiger partial charge on any atom is 0.397 e. The Balaban J connectivity index is 0.00000169. The van der Waals surface area contributed by atoms with Gasteiger partial charge < -0.3 is 17.3 Å². The van der Waals surface area contributed by atoms with E-state index in [1.54, 1.807) is 0 Å². The molecule has 6 nitrogen and oxygen atoms in total. The zero-order chi connectivity index (χ0) is 9.90. The van der Waals surface area contributed by atoms with Gasteiger partial charge in [-0.05, 0) is 0 Å². The lowest BCUT2D eigenvalue weighted by Gasteiger charge is -2.11. The number of nitrogens with zero attached hydrogens (tertiary/aromatic N) is 1. The van der Waals surface area contributed by atoms with E-state index in [-0.39, 0.29) is 19.0 Å². The Kier molecular flexibility index (Phi) is 5.38. The molecule has 0 radical (unpaired) electrons. The number of nitrogens with one attached hydrogen (secondary N) is 1. The molecule has 0 spiro atoms. The van der Waals surface area contributed by atoms with Crippen LogP contribution < -0.4 is 17.3 Å². The fraction of sp³-hybridized carbons (Fsp3) is 0.667. The first-order valence-electron chi connectivity index (χ1n) is 3.82. The Morgan fingerprint density at radius 2 is 2.29 bits per heavy atom. The van der Waals surface area contributed by atoms with Crippen LogP contribution in [0.25, 0.3) is 0 Å². The Labute approximate surface area is 89.5 Å². The van der Waals surface area contributed by atoms with E-state index >= 15 is 0 Å². The molecule has 0 amide bonds. The molecule has 1 atom stereocenters. The minimum Gasteiger partial charge on any atom is -1.00 e. The van der Waals surface area contributed by atoms with Crippen molar-refractivity contribution in [3.63, 3.8) is 0 Å². The summed E-state index contributed by atoms with van der Waals surface area (Å²) in [5.41, 5.74) is 0. The van der Waals surface area contributed by atoms with Gasteiger partial charge in [0, 0.05) is 7.05 Å². The molecule has 0 fully saturated rings. The van der Waals surface area contributed by atoms with E-state index in [1.807, 2.05) is 24.3 Å². The van der Waals surface area contributed by atoms with Crippen molar-refractivity contribution in [2.24, 2.45) is 0 Å². The van der Waals surface area contributed by atoms with Gasteiger partial charge in [-0.1, -0.05) is 0 Å². The van der Waals surface area contributed by atoms with E-state index in [2.05, 4.69) is 4.18 Å². The second-order valence-electron chi connectivity index (χ2n) is 2.89. The first-order chi connectivity index (χ1) is 5.97.